The molecule has 0 amide bonds. The van der Waals surface area contributed by atoms with Crippen LogP contribution in [0.2, 0.25) is 0 Å². The highest BCUT2D eigenvalue weighted by molar-refractivity contribution is 5.38. The van der Waals surface area contributed by atoms with E-state index in [9.17, 15) is 14.0 Å². The monoisotopic (exact) mass is 287 g/mol. The Hall–Kier alpha value is -2.65. The number of nitrogens with one attached hydrogen (secondary N) is 1. The Morgan fingerprint density at radius 2 is 2.14 bits per heavy atom. The number of aryl methyl sites for hydroxylation is 1. The van der Waals surface area contributed by atoms with Crippen molar-refractivity contribution in [3.8, 4) is 11.8 Å². The van der Waals surface area contributed by atoms with Gasteiger partial charge in [-0.15, -0.1) is 0 Å². The largest absolute Gasteiger partial charge is 0.328 e. The van der Waals surface area contributed by atoms with E-state index in [1.165, 1.54) is 16.8 Å². The van der Waals surface area contributed by atoms with Gasteiger partial charge < -0.3 is 5.73 Å². The molecule has 1 aromatic carbocycles. The summed E-state index contributed by atoms with van der Waals surface area (Å²) in [5.74, 6) is 4.78. The minimum absolute atomic E-state index is 0.141. The van der Waals surface area contributed by atoms with Gasteiger partial charge in [0.2, 0.25) is 0 Å². The molecule has 1 aromatic heterocycles. The van der Waals surface area contributed by atoms with Gasteiger partial charge in [0.25, 0.3) is 5.56 Å². The molecule has 0 saturated carbocycles. The van der Waals surface area contributed by atoms with Crippen LogP contribution in [0.15, 0.2) is 34.0 Å². The van der Waals surface area contributed by atoms with E-state index in [0.717, 1.165) is 0 Å². The number of nitrogens with zero attached hydrogens (tertiary/aromatic N) is 1. The summed E-state index contributed by atoms with van der Waals surface area (Å²) in [6.07, 6.45) is 1.47. The molecule has 0 fully saturated rings. The van der Waals surface area contributed by atoms with E-state index in [1.807, 2.05) is 0 Å². The van der Waals surface area contributed by atoms with Crippen LogP contribution in [0.25, 0.3) is 0 Å². The van der Waals surface area contributed by atoms with Crippen LogP contribution in [0, 0.1) is 24.6 Å². The average Bonchev–Trinajstić information content (AvgIpc) is 2.45. The predicted octanol–water partition coefficient (Wildman–Crippen LogP) is 0.343. The molecule has 0 bridgehead atoms. The first-order valence-corrected chi connectivity index (χ1v) is 6.29. The van der Waals surface area contributed by atoms with Crippen LogP contribution < -0.4 is 17.0 Å². The summed E-state index contributed by atoms with van der Waals surface area (Å²) < 4.78 is 14.9. The minimum Gasteiger partial charge on any atom is -0.320 e. The summed E-state index contributed by atoms with van der Waals surface area (Å²) in [5.41, 5.74) is 5.70. The maximum Gasteiger partial charge on any atom is 0.328 e. The normalized spacial score (nSPS) is 10.0. The van der Waals surface area contributed by atoms with Gasteiger partial charge in [-0.25, -0.2) is 9.18 Å². The van der Waals surface area contributed by atoms with Crippen molar-refractivity contribution in [3.63, 3.8) is 0 Å². The Balaban J connectivity index is 2.39. The lowest BCUT2D eigenvalue weighted by molar-refractivity contribution is 0.622. The lowest BCUT2D eigenvalue weighted by Gasteiger charge is -2.07. The first kappa shape index (κ1) is 14.8. The highest BCUT2D eigenvalue weighted by atomic mass is 19.1. The Labute approximate surface area is 120 Å². The number of aromatic nitrogens is 2. The van der Waals surface area contributed by atoms with Crippen molar-refractivity contribution in [2.24, 2.45) is 5.73 Å². The van der Waals surface area contributed by atoms with Gasteiger partial charge in [0.15, 0.2) is 0 Å². The molecule has 0 radical (unpaired) electrons. The standard InChI is InChI=1S/C15H14FN3O2/c1-10-8-19(15(21)18-14(10)20)9-11-4-5-13(16)12(7-11)3-2-6-17/h4-5,7-8H,6,9,17H2,1H3,(H,18,20,21). The quantitative estimate of drug-likeness (QED) is 0.782. The van der Waals surface area contributed by atoms with Gasteiger partial charge in [-0.1, -0.05) is 17.9 Å². The van der Waals surface area contributed by atoms with Gasteiger partial charge in [0.1, 0.15) is 5.82 Å². The van der Waals surface area contributed by atoms with Crippen molar-refractivity contribution in [2.45, 2.75) is 13.5 Å². The van der Waals surface area contributed by atoms with Gasteiger partial charge in [-0.3, -0.25) is 14.3 Å². The summed E-state index contributed by atoms with van der Waals surface area (Å²) in [7, 11) is 0. The zero-order valence-corrected chi connectivity index (χ0v) is 11.4. The van der Waals surface area contributed by atoms with Crippen LogP contribution in [0.5, 0.6) is 0 Å². The van der Waals surface area contributed by atoms with Crippen LogP contribution in [-0.4, -0.2) is 16.1 Å². The van der Waals surface area contributed by atoms with Crippen LogP contribution >= 0.6 is 0 Å². The maximum atomic E-state index is 13.6. The average molecular weight is 287 g/mol. The molecule has 3 N–H and O–H groups in total. The number of H-pyrrole nitrogens is 1. The molecule has 0 aliphatic heterocycles. The lowest BCUT2D eigenvalue weighted by Crippen LogP contribution is -2.31. The SMILES string of the molecule is Cc1cn(Cc2ccc(F)c(C#CCN)c2)c(=O)[nH]c1=O. The predicted molar refractivity (Wildman–Crippen MR) is 77.5 cm³/mol. The summed E-state index contributed by atoms with van der Waals surface area (Å²) in [5, 5.41) is 0. The summed E-state index contributed by atoms with van der Waals surface area (Å²) >= 11 is 0. The van der Waals surface area contributed by atoms with Crippen molar-refractivity contribution in [2.75, 3.05) is 6.54 Å². The molecule has 5 nitrogen and oxygen atoms in total. The topological polar surface area (TPSA) is 80.9 Å². The molecule has 1 heterocycles. The van der Waals surface area contributed by atoms with E-state index in [1.54, 1.807) is 19.1 Å². The molecule has 2 aromatic rings. The van der Waals surface area contributed by atoms with Crippen molar-refractivity contribution in [1.29, 1.82) is 0 Å². The molecule has 0 saturated heterocycles. The third-order valence-electron chi connectivity index (χ3n) is 2.90. The summed E-state index contributed by atoms with van der Waals surface area (Å²) in [6.45, 7) is 1.97. The highest BCUT2D eigenvalue weighted by Gasteiger charge is 2.05. The maximum absolute atomic E-state index is 13.6. The minimum atomic E-state index is -0.510. The molecule has 108 valence electrons. The summed E-state index contributed by atoms with van der Waals surface area (Å²) in [6, 6.07) is 4.42. The third kappa shape index (κ3) is 3.46. The number of halogens is 1. The molecule has 0 aliphatic rings. The first-order chi connectivity index (χ1) is 10.0. The number of rotatable bonds is 2. The molecule has 21 heavy (non-hydrogen) atoms. The number of hydrogen-bond acceptors (Lipinski definition) is 3. The fourth-order valence-corrected chi connectivity index (χ4v) is 1.85. The van der Waals surface area contributed by atoms with E-state index in [2.05, 4.69) is 16.8 Å². The second kappa shape index (κ2) is 6.20. The number of nitrogens with two attached hydrogens (primary N) is 1. The van der Waals surface area contributed by atoms with Gasteiger partial charge >= 0.3 is 5.69 Å². The van der Waals surface area contributed by atoms with Gasteiger partial charge in [-0.05, 0) is 24.6 Å². The Bertz CT molecular complexity index is 840. The van der Waals surface area contributed by atoms with Crippen molar-refractivity contribution < 1.29 is 4.39 Å². The van der Waals surface area contributed by atoms with Gasteiger partial charge in [0, 0.05) is 11.8 Å². The van der Waals surface area contributed by atoms with E-state index in [4.69, 9.17) is 5.73 Å². The van der Waals surface area contributed by atoms with Gasteiger partial charge in [-0.2, -0.15) is 0 Å². The molecular weight excluding hydrogens is 273 g/mol. The van der Waals surface area contributed by atoms with Crippen LogP contribution in [0.1, 0.15) is 16.7 Å². The van der Waals surface area contributed by atoms with Crippen LogP contribution in [-0.2, 0) is 6.54 Å². The zero-order valence-electron chi connectivity index (χ0n) is 11.4. The Morgan fingerprint density at radius 3 is 2.86 bits per heavy atom. The second-order valence-corrected chi connectivity index (χ2v) is 4.52. The highest BCUT2D eigenvalue weighted by Crippen LogP contribution is 2.10. The third-order valence-corrected chi connectivity index (χ3v) is 2.90. The lowest BCUT2D eigenvalue weighted by atomic mass is 10.1. The molecule has 0 atom stereocenters. The Morgan fingerprint density at radius 1 is 1.38 bits per heavy atom. The molecule has 0 unspecified atom stereocenters. The molecule has 6 heteroatoms. The second-order valence-electron chi connectivity index (χ2n) is 4.52. The smallest absolute Gasteiger partial charge is 0.320 e. The van der Waals surface area contributed by atoms with E-state index in [-0.39, 0.29) is 18.7 Å². The number of benzene rings is 1. The van der Waals surface area contributed by atoms with Crippen molar-refractivity contribution in [3.05, 3.63) is 67.7 Å². The van der Waals surface area contributed by atoms with Crippen molar-refractivity contribution >= 4 is 0 Å². The van der Waals surface area contributed by atoms with Crippen molar-refractivity contribution in [1.82, 2.24) is 9.55 Å². The van der Waals surface area contributed by atoms with Crippen LogP contribution in [0.4, 0.5) is 4.39 Å². The van der Waals surface area contributed by atoms with E-state index in [0.29, 0.717) is 11.1 Å². The molecule has 0 aliphatic carbocycles. The summed E-state index contributed by atoms with van der Waals surface area (Å²) in [4.78, 5) is 25.2. The van der Waals surface area contributed by atoms with Crippen LogP contribution in [0.3, 0.4) is 0 Å². The number of hydrogen-bond donors (Lipinski definition) is 2. The van der Waals surface area contributed by atoms with E-state index >= 15 is 0 Å². The fourth-order valence-electron chi connectivity index (χ4n) is 1.85. The Kier molecular flexibility index (Phi) is 4.36. The van der Waals surface area contributed by atoms with Gasteiger partial charge in [0.05, 0.1) is 18.7 Å². The number of aromatic amines is 1. The first-order valence-electron chi connectivity index (χ1n) is 6.29. The fraction of sp³-hybridized carbons (Fsp3) is 0.200. The molecular formula is C15H14FN3O2. The molecule has 0 spiro atoms. The molecule has 2 rings (SSSR count). The zero-order chi connectivity index (χ0) is 15.4. The van der Waals surface area contributed by atoms with E-state index < -0.39 is 17.1 Å².